The van der Waals surface area contributed by atoms with E-state index in [-0.39, 0.29) is 35.7 Å². The monoisotopic (exact) mass is 562 g/mol. The molecule has 6 heterocycles. The summed E-state index contributed by atoms with van der Waals surface area (Å²) in [5, 5.41) is 1.80. The van der Waals surface area contributed by atoms with Gasteiger partial charge in [0.1, 0.15) is 29.6 Å². The number of hydrogen-bond acceptors (Lipinski definition) is 10. The van der Waals surface area contributed by atoms with Crippen molar-refractivity contribution in [1.82, 2.24) is 39.9 Å². The second-order valence-corrected chi connectivity index (χ2v) is 8.09. The number of pyridine rings is 4. The van der Waals surface area contributed by atoms with Crippen LogP contribution in [0.15, 0.2) is 67.6 Å². The minimum atomic E-state index is -0.679. The van der Waals surface area contributed by atoms with Gasteiger partial charge in [-0.2, -0.15) is 18.7 Å². The van der Waals surface area contributed by atoms with E-state index in [4.69, 9.17) is 21.1 Å². The molecule has 0 aliphatic rings. The molecule has 0 bridgehead atoms. The Morgan fingerprint density at radius 1 is 0.700 bits per heavy atom. The van der Waals surface area contributed by atoms with Crippen LogP contribution in [0.5, 0.6) is 11.8 Å². The quantitative estimate of drug-likeness (QED) is 0.245. The SMILES string of the molecule is C.COc1ncnc(-c2cc3cccnc3c(Cl)n2)c1F.COc1ncnc(-c2cc3cccnc3cn2)c1F. The van der Waals surface area contributed by atoms with E-state index in [1.54, 1.807) is 36.8 Å². The standard InChI is InChI=1S/C13H8ClFN4O.C13H9FN4O.CH4/c1-20-13-9(15)11(17-6-18-13)8-5-7-3-2-4-16-10(7)12(14)19-8;1-19-13-11(14)12(17-7-18-13)9-5-8-3-2-4-15-10(8)6-16-9;/h2-6H,1H3;2-7H,1H3;1H4. The molecule has 0 atom stereocenters. The molecule has 0 aliphatic heterocycles. The molecule has 0 saturated carbocycles. The van der Waals surface area contributed by atoms with Crippen molar-refractivity contribution in [3.63, 3.8) is 0 Å². The number of hydrogen-bond donors (Lipinski definition) is 0. The Kier molecular flexibility index (Phi) is 8.60. The van der Waals surface area contributed by atoms with Crippen LogP contribution >= 0.6 is 11.6 Å². The molecule has 0 unspecified atom stereocenters. The zero-order chi connectivity index (χ0) is 27.4. The Bertz CT molecular complexity index is 1810. The molecule has 0 spiro atoms. The van der Waals surface area contributed by atoms with Crippen molar-refractivity contribution in [2.75, 3.05) is 14.2 Å². The molecule has 0 N–H and O–H groups in total. The van der Waals surface area contributed by atoms with Crippen molar-refractivity contribution >= 4 is 33.4 Å². The third-order valence-electron chi connectivity index (χ3n) is 5.42. The summed E-state index contributed by atoms with van der Waals surface area (Å²) in [5.74, 6) is -1.54. The second kappa shape index (κ2) is 12.3. The average Bonchev–Trinajstić information content (AvgIpc) is 2.97. The molecule has 6 aromatic rings. The van der Waals surface area contributed by atoms with E-state index in [9.17, 15) is 8.78 Å². The normalized spacial score (nSPS) is 10.4. The minimum Gasteiger partial charge on any atom is -0.479 e. The summed E-state index contributed by atoms with van der Waals surface area (Å²) in [7, 11) is 2.69. The largest absolute Gasteiger partial charge is 0.479 e. The van der Waals surface area contributed by atoms with Crippen LogP contribution in [0.1, 0.15) is 7.43 Å². The van der Waals surface area contributed by atoms with Crippen LogP contribution in [-0.2, 0) is 0 Å². The fourth-order valence-corrected chi connectivity index (χ4v) is 3.87. The lowest BCUT2D eigenvalue weighted by Gasteiger charge is -2.06. The van der Waals surface area contributed by atoms with Gasteiger partial charge in [-0.3, -0.25) is 15.0 Å². The maximum atomic E-state index is 14.1. The van der Waals surface area contributed by atoms with E-state index in [1.807, 2.05) is 18.2 Å². The Balaban J connectivity index is 0.000000181. The molecule has 0 fully saturated rings. The van der Waals surface area contributed by atoms with Crippen LogP contribution in [0.3, 0.4) is 0 Å². The summed E-state index contributed by atoms with van der Waals surface area (Å²) >= 11 is 6.07. The van der Waals surface area contributed by atoms with Gasteiger partial charge in [-0.1, -0.05) is 31.2 Å². The van der Waals surface area contributed by atoms with Gasteiger partial charge >= 0.3 is 0 Å². The molecule has 0 amide bonds. The number of halogens is 3. The van der Waals surface area contributed by atoms with Gasteiger partial charge in [-0.25, -0.2) is 15.0 Å². The smallest absolute Gasteiger partial charge is 0.254 e. The zero-order valence-electron chi connectivity index (χ0n) is 20.4. The van der Waals surface area contributed by atoms with E-state index < -0.39 is 11.6 Å². The molecule has 40 heavy (non-hydrogen) atoms. The predicted molar refractivity (Wildman–Crippen MR) is 146 cm³/mol. The first-order valence-corrected chi connectivity index (χ1v) is 11.6. The summed E-state index contributed by atoms with van der Waals surface area (Å²) in [6.45, 7) is 0. The van der Waals surface area contributed by atoms with Crippen molar-refractivity contribution in [2.24, 2.45) is 0 Å². The van der Waals surface area contributed by atoms with Crippen molar-refractivity contribution in [1.29, 1.82) is 0 Å². The van der Waals surface area contributed by atoms with E-state index in [1.165, 1.54) is 26.9 Å². The minimum absolute atomic E-state index is 0. The lowest BCUT2D eigenvalue weighted by atomic mass is 10.2. The zero-order valence-corrected chi connectivity index (χ0v) is 21.1. The van der Waals surface area contributed by atoms with Gasteiger partial charge in [0.25, 0.3) is 11.8 Å². The van der Waals surface area contributed by atoms with Gasteiger partial charge in [0.15, 0.2) is 5.15 Å². The van der Waals surface area contributed by atoms with Crippen LogP contribution < -0.4 is 9.47 Å². The van der Waals surface area contributed by atoms with Crippen LogP contribution in [0.2, 0.25) is 5.15 Å². The third kappa shape index (κ3) is 5.57. The predicted octanol–water partition coefficient (Wildman–Crippen LogP) is 5.76. The first kappa shape index (κ1) is 28.0. The maximum absolute atomic E-state index is 14.1. The van der Waals surface area contributed by atoms with Gasteiger partial charge in [0.2, 0.25) is 11.6 Å². The highest BCUT2D eigenvalue weighted by Crippen LogP contribution is 2.29. The summed E-state index contributed by atoms with van der Waals surface area (Å²) in [6, 6.07) is 10.7. The first-order chi connectivity index (χ1) is 19.0. The van der Waals surface area contributed by atoms with E-state index >= 15 is 0 Å². The van der Waals surface area contributed by atoms with Gasteiger partial charge < -0.3 is 9.47 Å². The van der Waals surface area contributed by atoms with Gasteiger partial charge in [0.05, 0.1) is 37.3 Å². The maximum Gasteiger partial charge on any atom is 0.254 e. The van der Waals surface area contributed by atoms with Gasteiger partial charge in [-0.15, -0.1) is 0 Å². The van der Waals surface area contributed by atoms with Crippen molar-refractivity contribution in [2.45, 2.75) is 7.43 Å². The number of methoxy groups -OCH3 is 2. The highest BCUT2D eigenvalue weighted by atomic mass is 35.5. The Morgan fingerprint density at radius 2 is 1.27 bits per heavy atom. The fraction of sp³-hybridized carbons (Fsp3) is 0.111. The molecule has 13 heteroatoms. The topological polar surface area (TPSA) is 122 Å². The van der Waals surface area contributed by atoms with Crippen LogP contribution in [0.25, 0.3) is 44.6 Å². The van der Waals surface area contributed by atoms with E-state index in [0.717, 1.165) is 16.3 Å². The molecule has 0 saturated heterocycles. The summed E-state index contributed by atoms with van der Waals surface area (Å²) in [4.78, 5) is 31.8. The molecule has 6 rings (SSSR count). The molecule has 202 valence electrons. The number of nitrogens with zero attached hydrogens (tertiary/aromatic N) is 8. The molecular weight excluding hydrogens is 542 g/mol. The Hall–Kier alpha value is -4.97. The van der Waals surface area contributed by atoms with Crippen molar-refractivity contribution in [3.05, 3.63) is 84.4 Å². The number of fused-ring (bicyclic) bond motifs is 2. The highest BCUT2D eigenvalue weighted by Gasteiger charge is 2.17. The lowest BCUT2D eigenvalue weighted by molar-refractivity contribution is 0.368. The molecular formula is C27H21ClF2N8O2. The van der Waals surface area contributed by atoms with Crippen LogP contribution in [0.4, 0.5) is 8.78 Å². The van der Waals surface area contributed by atoms with Gasteiger partial charge in [-0.05, 0) is 24.3 Å². The number of rotatable bonds is 4. The average molecular weight is 563 g/mol. The van der Waals surface area contributed by atoms with E-state index in [2.05, 4.69) is 39.9 Å². The van der Waals surface area contributed by atoms with Crippen LogP contribution in [-0.4, -0.2) is 54.1 Å². The van der Waals surface area contributed by atoms with Crippen molar-refractivity contribution < 1.29 is 18.3 Å². The van der Waals surface area contributed by atoms with Crippen LogP contribution in [0, 0.1) is 11.6 Å². The Labute approximate surface area is 232 Å². The van der Waals surface area contributed by atoms with E-state index in [0.29, 0.717) is 16.9 Å². The Morgan fingerprint density at radius 3 is 1.93 bits per heavy atom. The summed E-state index contributed by atoms with van der Waals surface area (Å²) in [5.41, 5.74) is 2.15. The molecule has 0 aliphatic carbocycles. The lowest BCUT2D eigenvalue weighted by Crippen LogP contribution is -1.99. The highest BCUT2D eigenvalue weighted by molar-refractivity contribution is 6.33. The third-order valence-corrected chi connectivity index (χ3v) is 5.68. The number of ether oxygens (including phenoxy) is 2. The van der Waals surface area contributed by atoms with Crippen molar-refractivity contribution in [3.8, 4) is 34.5 Å². The second-order valence-electron chi connectivity index (χ2n) is 7.73. The van der Waals surface area contributed by atoms with Gasteiger partial charge in [0, 0.05) is 23.2 Å². The molecule has 0 aromatic carbocycles. The number of aromatic nitrogens is 8. The molecule has 6 aromatic heterocycles. The first-order valence-electron chi connectivity index (χ1n) is 11.2. The fourth-order valence-electron chi connectivity index (χ4n) is 3.62. The molecule has 10 nitrogen and oxygen atoms in total. The summed E-state index contributed by atoms with van der Waals surface area (Å²) in [6.07, 6.45) is 7.33. The summed E-state index contributed by atoms with van der Waals surface area (Å²) < 4.78 is 37.8. The molecule has 0 radical (unpaired) electrons.